The second kappa shape index (κ2) is 11.3. The van der Waals surface area contributed by atoms with Gasteiger partial charge in [-0.3, -0.25) is 9.59 Å². The summed E-state index contributed by atoms with van der Waals surface area (Å²) in [5.41, 5.74) is 7.91. The number of nitrogens with one attached hydrogen (secondary N) is 2. The second-order valence-corrected chi connectivity index (χ2v) is 8.14. The Kier molecular flexibility index (Phi) is 8.77. The third-order valence-corrected chi connectivity index (χ3v) is 5.76. The number of carbonyl (C=O) groups is 2. The van der Waals surface area contributed by atoms with Gasteiger partial charge in [-0.15, -0.1) is 0 Å². The Labute approximate surface area is 192 Å². The number of phenols is 1. The topological polar surface area (TPSA) is 133 Å². The van der Waals surface area contributed by atoms with Crippen LogP contribution in [0.3, 0.4) is 0 Å². The molecular formula is C22H30N6O3S. The van der Waals surface area contributed by atoms with Gasteiger partial charge in [0.05, 0.1) is 11.9 Å². The van der Waals surface area contributed by atoms with Gasteiger partial charge in [0.2, 0.25) is 11.0 Å². The number of rotatable bonds is 9. The summed E-state index contributed by atoms with van der Waals surface area (Å²) in [5.74, 6) is -0.0500. The number of amides is 2. The van der Waals surface area contributed by atoms with Gasteiger partial charge in [0.1, 0.15) is 22.5 Å². The van der Waals surface area contributed by atoms with E-state index < -0.39 is 6.04 Å². The van der Waals surface area contributed by atoms with Crippen LogP contribution in [0.4, 0.5) is 10.8 Å². The summed E-state index contributed by atoms with van der Waals surface area (Å²) < 4.78 is 0. The van der Waals surface area contributed by atoms with Crippen molar-refractivity contribution in [3.05, 3.63) is 46.6 Å². The molecule has 0 fully saturated rings. The lowest BCUT2D eigenvalue weighted by atomic mass is 10.1. The van der Waals surface area contributed by atoms with Crippen molar-refractivity contribution in [2.75, 3.05) is 18.4 Å². The number of thiazole rings is 1. The van der Waals surface area contributed by atoms with Crippen LogP contribution in [0.25, 0.3) is 0 Å². The molecule has 0 spiro atoms. The highest BCUT2D eigenvalue weighted by atomic mass is 32.1. The SMILES string of the molecule is CCN(CC)C(=O)C(C)N/C=C\C(N)=N/c1ncc(C(=O)Nc2c(C)ccc(O)c2C)s1. The fourth-order valence-corrected chi connectivity index (χ4v) is 3.63. The molecular weight excluding hydrogens is 428 g/mol. The molecule has 2 rings (SSSR count). The largest absolute Gasteiger partial charge is 0.508 e. The molecule has 1 aromatic carbocycles. The monoisotopic (exact) mass is 458 g/mol. The van der Waals surface area contributed by atoms with Crippen molar-refractivity contribution < 1.29 is 14.7 Å². The van der Waals surface area contributed by atoms with Crippen LogP contribution in [0.5, 0.6) is 5.75 Å². The number of aryl methyl sites for hydroxylation is 1. The number of phenolic OH excluding ortho intramolecular Hbond substituents is 1. The predicted octanol–water partition coefficient (Wildman–Crippen LogP) is 3.07. The Hall–Kier alpha value is -3.40. The summed E-state index contributed by atoms with van der Waals surface area (Å²) >= 11 is 1.09. The van der Waals surface area contributed by atoms with Gasteiger partial charge in [-0.25, -0.2) is 9.98 Å². The number of benzene rings is 1. The van der Waals surface area contributed by atoms with Crippen molar-refractivity contribution in [2.45, 2.75) is 40.7 Å². The standard InChI is InChI=1S/C22H30N6O3S/c1-6-28(7-2)21(31)15(5)24-11-10-18(23)26-22-25-12-17(32-22)20(30)27-19-13(3)8-9-16(29)14(19)4/h8-12,15,24,29H,6-7H2,1-5H3,(H,27,30)(H2,23,25,26)/b11-10-. The molecule has 10 heteroatoms. The lowest BCUT2D eigenvalue weighted by molar-refractivity contribution is -0.132. The molecule has 32 heavy (non-hydrogen) atoms. The predicted molar refractivity (Wildman–Crippen MR) is 129 cm³/mol. The average Bonchev–Trinajstić information content (AvgIpc) is 3.23. The highest BCUT2D eigenvalue weighted by Crippen LogP contribution is 2.29. The Morgan fingerprint density at radius 1 is 1.31 bits per heavy atom. The Morgan fingerprint density at radius 3 is 2.66 bits per heavy atom. The number of carbonyl (C=O) groups excluding carboxylic acids is 2. The van der Waals surface area contributed by atoms with Crippen LogP contribution in [-0.4, -0.2) is 51.8 Å². The molecule has 1 aromatic heterocycles. The summed E-state index contributed by atoms with van der Waals surface area (Å²) in [5, 5.41) is 16.0. The number of nitrogens with two attached hydrogens (primary N) is 1. The van der Waals surface area contributed by atoms with E-state index in [-0.39, 0.29) is 23.4 Å². The first-order valence-corrected chi connectivity index (χ1v) is 11.1. The number of hydrogen-bond acceptors (Lipinski definition) is 7. The van der Waals surface area contributed by atoms with Crippen molar-refractivity contribution in [1.82, 2.24) is 15.2 Å². The molecule has 172 valence electrons. The zero-order valence-electron chi connectivity index (χ0n) is 19.0. The summed E-state index contributed by atoms with van der Waals surface area (Å²) in [7, 11) is 0. The minimum absolute atomic E-state index is 0.00273. The number of anilines is 1. The molecule has 9 nitrogen and oxygen atoms in total. The van der Waals surface area contributed by atoms with E-state index in [1.807, 2.05) is 20.8 Å². The molecule has 2 aromatic rings. The second-order valence-electron chi connectivity index (χ2n) is 7.13. The molecule has 1 heterocycles. The van der Waals surface area contributed by atoms with Crippen molar-refractivity contribution in [2.24, 2.45) is 10.7 Å². The summed E-state index contributed by atoms with van der Waals surface area (Å²) in [6, 6.07) is 2.93. The van der Waals surface area contributed by atoms with Gasteiger partial charge in [0.15, 0.2) is 0 Å². The van der Waals surface area contributed by atoms with Crippen LogP contribution in [0.1, 0.15) is 41.6 Å². The average molecular weight is 459 g/mol. The van der Waals surface area contributed by atoms with Crippen LogP contribution in [0.2, 0.25) is 0 Å². The summed E-state index contributed by atoms with van der Waals surface area (Å²) in [4.78, 5) is 35.2. The maximum Gasteiger partial charge on any atom is 0.267 e. The van der Waals surface area contributed by atoms with Crippen LogP contribution in [-0.2, 0) is 4.79 Å². The molecule has 0 bridgehead atoms. The Bertz CT molecular complexity index is 1030. The van der Waals surface area contributed by atoms with Crippen LogP contribution in [0, 0.1) is 13.8 Å². The molecule has 0 saturated heterocycles. The van der Waals surface area contributed by atoms with Crippen molar-refractivity contribution in [1.29, 1.82) is 0 Å². The van der Waals surface area contributed by atoms with E-state index in [4.69, 9.17) is 5.73 Å². The zero-order chi connectivity index (χ0) is 23.8. The highest BCUT2D eigenvalue weighted by Gasteiger charge is 2.17. The van der Waals surface area contributed by atoms with Crippen molar-refractivity contribution in [3.8, 4) is 5.75 Å². The first-order valence-electron chi connectivity index (χ1n) is 10.3. The molecule has 0 radical (unpaired) electrons. The fraction of sp³-hybridized carbons (Fsp3) is 0.364. The highest BCUT2D eigenvalue weighted by molar-refractivity contribution is 7.17. The molecule has 0 aliphatic heterocycles. The molecule has 0 aliphatic carbocycles. The lowest BCUT2D eigenvalue weighted by Gasteiger charge is -2.22. The van der Waals surface area contributed by atoms with E-state index in [0.29, 0.717) is 34.3 Å². The normalized spacial score (nSPS) is 12.6. The smallest absolute Gasteiger partial charge is 0.267 e. The Balaban J connectivity index is 2.01. The number of amidine groups is 1. The number of hydrogen-bond donors (Lipinski definition) is 4. The van der Waals surface area contributed by atoms with Gasteiger partial charge < -0.3 is 26.4 Å². The maximum atomic E-state index is 12.6. The molecule has 5 N–H and O–H groups in total. The Morgan fingerprint density at radius 2 is 2.00 bits per heavy atom. The minimum Gasteiger partial charge on any atom is -0.508 e. The number of nitrogens with zero attached hydrogens (tertiary/aromatic N) is 3. The first kappa shape index (κ1) is 24.9. The van der Waals surface area contributed by atoms with Crippen molar-refractivity contribution in [3.63, 3.8) is 0 Å². The third kappa shape index (κ3) is 6.30. The molecule has 0 saturated carbocycles. The molecule has 2 amide bonds. The molecule has 1 atom stereocenters. The van der Waals surface area contributed by atoms with Crippen LogP contribution >= 0.6 is 11.3 Å². The number of aliphatic imine (C=N–C) groups is 1. The zero-order valence-corrected chi connectivity index (χ0v) is 19.8. The van der Waals surface area contributed by atoms with Gasteiger partial charge in [-0.05, 0) is 52.3 Å². The minimum atomic E-state index is -0.390. The van der Waals surface area contributed by atoms with Gasteiger partial charge in [0, 0.05) is 24.9 Å². The van der Waals surface area contributed by atoms with Crippen molar-refractivity contribution >= 4 is 39.8 Å². The quantitative estimate of drug-likeness (QED) is 0.337. The number of aromatic nitrogens is 1. The third-order valence-electron chi connectivity index (χ3n) is 4.87. The van der Waals surface area contributed by atoms with E-state index in [1.165, 1.54) is 12.3 Å². The van der Waals surface area contributed by atoms with E-state index in [0.717, 1.165) is 16.9 Å². The van der Waals surface area contributed by atoms with E-state index >= 15 is 0 Å². The van der Waals surface area contributed by atoms with E-state index in [2.05, 4.69) is 20.6 Å². The lowest BCUT2D eigenvalue weighted by Crippen LogP contribution is -2.43. The van der Waals surface area contributed by atoms with Crippen LogP contribution < -0.4 is 16.4 Å². The van der Waals surface area contributed by atoms with Gasteiger partial charge >= 0.3 is 0 Å². The van der Waals surface area contributed by atoms with E-state index in [9.17, 15) is 14.7 Å². The van der Waals surface area contributed by atoms with Gasteiger partial charge in [0.25, 0.3) is 5.91 Å². The van der Waals surface area contributed by atoms with Gasteiger partial charge in [-0.1, -0.05) is 17.4 Å². The van der Waals surface area contributed by atoms with Gasteiger partial charge in [-0.2, -0.15) is 0 Å². The molecule has 0 aliphatic rings. The summed E-state index contributed by atoms with van der Waals surface area (Å²) in [6.45, 7) is 10.5. The first-order chi connectivity index (χ1) is 15.2. The number of aromatic hydroxyl groups is 1. The molecule has 1 unspecified atom stereocenters. The van der Waals surface area contributed by atoms with Crippen LogP contribution in [0.15, 0.2) is 35.6 Å². The van der Waals surface area contributed by atoms with E-state index in [1.54, 1.807) is 37.1 Å². The summed E-state index contributed by atoms with van der Waals surface area (Å²) in [6.07, 6.45) is 4.53. The number of likely N-dealkylation sites (N-methyl/N-ethyl adjacent to an activating group) is 1. The fourth-order valence-electron chi connectivity index (χ4n) is 2.93. The maximum absolute atomic E-state index is 12.6.